The number of hydrogen-bond donors (Lipinski definition) is 0. The van der Waals surface area contributed by atoms with E-state index >= 15 is 0 Å². The van der Waals surface area contributed by atoms with Crippen molar-refractivity contribution in [3.05, 3.63) is 12.2 Å². The number of carbonyl (C=O) groups excluding carboxylic acids is 2. The average molecular weight is 251 g/mol. The minimum absolute atomic E-state index is 0.0333. The zero-order chi connectivity index (χ0) is 13.4. The van der Waals surface area contributed by atoms with Crippen molar-refractivity contribution in [2.75, 3.05) is 13.1 Å². The molecule has 18 heavy (non-hydrogen) atoms. The van der Waals surface area contributed by atoms with Gasteiger partial charge in [0.2, 0.25) is 5.91 Å². The van der Waals surface area contributed by atoms with E-state index in [0.717, 1.165) is 45.2 Å². The van der Waals surface area contributed by atoms with E-state index in [1.54, 1.807) is 6.92 Å². The molecule has 1 unspecified atom stereocenters. The second kappa shape index (κ2) is 8.06. The first kappa shape index (κ1) is 14.9. The molecule has 1 fully saturated rings. The molecule has 1 atom stereocenters. The number of rotatable bonds is 7. The topological polar surface area (TPSA) is 37.4 Å². The third-order valence-electron chi connectivity index (χ3n) is 3.55. The van der Waals surface area contributed by atoms with Crippen LogP contribution in [0.2, 0.25) is 0 Å². The molecule has 0 N–H and O–H groups in total. The van der Waals surface area contributed by atoms with Gasteiger partial charge in [0.15, 0.2) is 0 Å². The van der Waals surface area contributed by atoms with E-state index in [1.165, 1.54) is 0 Å². The van der Waals surface area contributed by atoms with E-state index < -0.39 is 5.92 Å². The number of amides is 1. The molecule has 1 heterocycles. The second-order valence-electron chi connectivity index (χ2n) is 5.04. The molecule has 1 aliphatic rings. The van der Waals surface area contributed by atoms with Crippen LogP contribution in [0.15, 0.2) is 12.2 Å². The van der Waals surface area contributed by atoms with Gasteiger partial charge in [0.1, 0.15) is 5.78 Å². The smallest absolute Gasteiger partial charge is 0.232 e. The summed E-state index contributed by atoms with van der Waals surface area (Å²) in [6, 6.07) is 0. The van der Waals surface area contributed by atoms with E-state index in [2.05, 4.69) is 6.08 Å². The third kappa shape index (κ3) is 4.63. The summed E-state index contributed by atoms with van der Waals surface area (Å²) in [4.78, 5) is 25.8. The van der Waals surface area contributed by atoms with E-state index in [1.807, 2.05) is 17.9 Å². The minimum Gasteiger partial charge on any atom is -0.342 e. The zero-order valence-corrected chi connectivity index (χ0v) is 11.7. The van der Waals surface area contributed by atoms with Gasteiger partial charge < -0.3 is 4.90 Å². The van der Waals surface area contributed by atoms with E-state index in [-0.39, 0.29) is 11.7 Å². The monoisotopic (exact) mass is 251 g/mol. The molecule has 0 aromatic carbocycles. The van der Waals surface area contributed by atoms with Gasteiger partial charge in [-0.1, -0.05) is 12.2 Å². The Balaban J connectivity index is 2.25. The van der Waals surface area contributed by atoms with Gasteiger partial charge in [-0.15, -0.1) is 0 Å². The molecule has 0 radical (unpaired) electrons. The van der Waals surface area contributed by atoms with Crippen LogP contribution in [-0.2, 0) is 9.59 Å². The van der Waals surface area contributed by atoms with Crippen LogP contribution in [0.3, 0.4) is 0 Å². The summed E-state index contributed by atoms with van der Waals surface area (Å²) in [6.45, 7) is 5.42. The SMILES string of the molecule is C/C=C/CCCCC(=O)C(C)C(=O)N1CCCC1. The Bertz CT molecular complexity index is 304. The summed E-state index contributed by atoms with van der Waals surface area (Å²) < 4.78 is 0. The fourth-order valence-electron chi connectivity index (χ4n) is 2.29. The molecule has 0 saturated carbocycles. The Morgan fingerprint density at radius 2 is 1.89 bits per heavy atom. The summed E-state index contributed by atoms with van der Waals surface area (Å²) in [6.07, 6.45) is 9.79. The highest BCUT2D eigenvalue weighted by Crippen LogP contribution is 2.15. The summed E-state index contributed by atoms with van der Waals surface area (Å²) in [5, 5.41) is 0. The standard InChI is InChI=1S/C15H25NO2/c1-3-4-5-6-7-10-14(17)13(2)15(18)16-11-8-9-12-16/h3-4,13H,5-12H2,1-2H3/b4-3+. The summed E-state index contributed by atoms with van der Waals surface area (Å²) in [5.41, 5.74) is 0. The van der Waals surface area contributed by atoms with Crippen LogP contribution < -0.4 is 0 Å². The Morgan fingerprint density at radius 3 is 2.50 bits per heavy atom. The van der Waals surface area contributed by atoms with Gasteiger partial charge in [0.25, 0.3) is 0 Å². The number of Topliss-reactive ketones (excluding diaryl/α,β-unsaturated/α-hetero) is 1. The highest BCUT2D eigenvalue weighted by Gasteiger charge is 2.27. The molecule has 0 bridgehead atoms. The zero-order valence-electron chi connectivity index (χ0n) is 11.7. The molecule has 1 amide bonds. The van der Waals surface area contributed by atoms with E-state index in [9.17, 15) is 9.59 Å². The predicted molar refractivity (Wildman–Crippen MR) is 73.3 cm³/mol. The van der Waals surface area contributed by atoms with Crippen molar-refractivity contribution in [2.24, 2.45) is 5.92 Å². The van der Waals surface area contributed by atoms with Crippen molar-refractivity contribution < 1.29 is 9.59 Å². The van der Waals surface area contributed by atoms with Crippen molar-refractivity contribution in [1.82, 2.24) is 4.90 Å². The lowest BCUT2D eigenvalue weighted by atomic mass is 9.99. The van der Waals surface area contributed by atoms with Crippen LogP contribution in [0.4, 0.5) is 0 Å². The number of likely N-dealkylation sites (tertiary alicyclic amines) is 1. The molecule has 0 aliphatic carbocycles. The van der Waals surface area contributed by atoms with Crippen molar-refractivity contribution in [2.45, 2.75) is 52.4 Å². The summed E-state index contributed by atoms with van der Waals surface area (Å²) in [5.74, 6) is -0.303. The van der Waals surface area contributed by atoms with Crippen LogP contribution >= 0.6 is 0 Å². The maximum atomic E-state index is 12.0. The largest absolute Gasteiger partial charge is 0.342 e. The molecule has 3 nitrogen and oxygen atoms in total. The Hall–Kier alpha value is -1.12. The average Bonchev–Trinajstić information content (AvgIpc) is 2.90. The molecular formula is C15H25NO2. The van der Waals surface area contributed by atoms with E-state index in [0.29, 0.717) is 6.42 Å². The van der Waals surface area contributed by atoms with Crippen LogP contribution in [0, 0.1) is 5.92 Å². The first-order valence-corrected chi connectivity index (χ1v) is 7.09. The third-order valence-corrected chi connectivity index (χ3v) is 3.55. The number of unbranched alkanes of at least 4 members (excludes halogenated alkanes) is 2. The molecule has 1 saturated heterocycles. The summed E-state index contributed by atoms with van der Waals surface area (Å²) >= 11 is 0. The number of hydrogen-bond acceptors (Lipinski definition) is 2. The van der Waals surface area contributed by atoms with Crippen molar-refractivity contribution in [3.63, 3.8) is 0 Å². The normalized spacial score (nSPS) is 17.3. The van der Waals surface area contributed by atoms with Crippen LogP contribution in [0.25, 0.3) is 0 Å². The maximum absolute atomic E-state index is 12.0. The highest BCUT2D eigenvalue weighted by atomic mass is 16.2. The van der Waals surface area contributed by atoms with E-state index in [4.69, 9.17) is 0 Å². The van der Waals surface area contributed by atoms with Crippen molar-refractivity contribution in [3.8, 4) is 0 Å². The van der Waals surface area contributed by atoms with Gasteiger partial charge in [0.05, 0.1) is 5.92 Å². The molecule has 1 rings (SSSR count). The van der Waals surface area contributed by atoms with Gasteiger partial charge in [-0.05, 0) is 46.0 Å². The fourth-order valence-corrected chi connectivity index (χ4v) is 2.29. The Labute approximate surface area is 110 Å². The number of allylic oxidation sites excluding steroid dienone is 2. The number of ketones is 1. The molecule has 102 valence electrons. The fraction of sp³-hybridized carbons (Fsp3) is 0.733. The van der Waals surface area contributed by atoms with Gasteiger partial charge in [-0.3, -0.25) is 9.59 Å². The van der Waals surface area contributed by atoms with Crippen LogP contribution in [-0.4, -0.2) is 29.7 Å². The Kier molecular flexibility index (Phi) is 6.69. The highest BCUT2D eigenvalue weighted by molar-refractivity contribution is 6.00. The Morgan fingerprint density at radius 1 is 1.22 bits per heavy atom. The molecule has 3 heteroatoms. The molecule has 0 aromatic heterocycles. The van der Waals surface area contributed by atoms with Crippen molar-refractivity contribution >= 4 is 11.7 Å². The number of carbonyl (C=O) groups is 2. The molecule has 0 aromatic rings. The maximum Gasteiger partial charge on any atom is 0.232 e. The van der Waals surface area contributed by atoms with Gasteiger partial charge >= 0.3 is 0 Å². The first-order chi connectivity index (χ1) is 8.66. The minimum atomic E-state index is -0.440. The predicted octanol–water partition coefficient (Wildman–Crippen LogP) is 2.95. The van der Waals surface area contributed by atoms with Crippen LogP contribution in [0.1, 0.15) is 52.4 Å². The van der Waals surface area contributed by atoms with Gasteiger partial charge in [0, 0.05) is 19.5 Å². The van der Waals surface area contributed by atoms with Gasteiger partial charge in [-0.25, -0.2) is 0 Å². The molecular weight excluding hydrogens is 226 g/mol. The molecule has 1 aliphatic heterocycles. The van der Waals surface area contributed by atoms with Gasteiger partial charge in [-0.2, -0.15) is 0 Å². The van der Waals surface area contributed by atoms with Crippen LogP contribution in [0.5, 0.6) is 0 Å². The lowest BCUT2D eigenvalue weighted by Gasteiger charge is -2.19. The second-order valence-corrected chi connectivity index (χ2v) is 5.04. The lowest BCUT2D eigenvalue weighted by molar-refractivity contribution is -0.139. The van der Waals surface area contributed by atoms with Crippen molar-refractivity contribution in [1.29, 1.82) is 0 Å². The first-order valence-electron chi connectivity index (χ1n) is 7.09. The summed E-state index contributed by atoms with van der Waals surface area (Å²) in [7, 11) is 0. The molecule has 0 spiro atoms. The quantitative estimate of drug-likeness (QED) is 0.396. The lowest BCUT2D eigenvalue weighted by Crippen LogP contribution is -2.36. The number of nitrogens with zero attached hydrogens (tertiary/aromatic N) is 1.